The summed E-state index contributed by atoms with van der Waals surface area (Å²) in [4.78, 5) is 38.1. The van der Waals surface area contributed by atoms with Gasteiger partial charge in [0, 0.05) is 17.1 Å². The lowest BCUT2D eigenvalue weighted by molar-refractivity contribution is -0.122. The second kappa shape index (κ2) is 8.36. The lowest BCUT2D eigenvalue weighted by Crippen LogP contribution is -2.54. The molecule has 1 aromatic heterocycles. The van der Waals surface area contributed by atoms with Crippen LogP contribution in [0.5, 0.6) is 5.75 Å². The number of carbonyl (C=O) groups is 3. The molecule has 1 aliphatic rings. The number of nitrogens with one attached hydrogen (secondary N) is 1. The number of phenolic OH excluding ortho intramolecular Hbond substituents is 1. The van der Waals surface area contributed by atoms with Gasteiger partial charge in [0.25, 0.3) is 11.8 Å². The summed E-state index contributed by atoms with van der Waals surface area (Å²) in [5.41, 5.74) is 3.49. The van der Waals surface area contributed by atoms with Gasteiger partial charge in [-0.2, -0.15) is 0 Å². The molecule has 0 saturated carbocycles. The molecule has 0 atom stereocenters. The molecular weight excluding hydrogens is 442 g/mol. The van der Waals surface area contributed by atoms with Crippen LogP contribution in [0.2, 0.25) is 0 Å². The standard InChI is InChI=1S/C24H19N3O5S/c1-13-11-16(14(2)26(13)17-7-9-19(28)10-8-17)12-20-21(29)25-24(33)27(22(20)30)18-5-3-15(4-6-18)23(31)32/h3-12,28H,1-2H3,(H,31,32)(H,25,29,33). The number of aryl methyl sites for hydroxylation is 1. The predicted octanol–water partition coefficient (Wildman–Crippen LogP) is 3.33. The van der Waals surface area contributed by atoms with Crippen LogP contribution in [0.25, 0.3) is 11.8 Å². The van der Waals surface area contributed by atoms with E-state index < -0.39 is 17.8 Å². The third-order valence-electron chi connectivity index (χ3n) is 5.35. The molecule has 33 heavy (non-hydrogen) atoms. The van der Waals surface area contributed by atoms with Crippen LogP contribution in [-0.4, -0.2) is 37.7 Å². The van der Waals surface area contributed by atoms with Crippen LogP contribution in [0.4, 0.5) is 5.69 Å². The van der Waals surface area contributed by atoms with Crippen molar-refractivity contribution in [1.29, 1.82) is 0 Å². The first-order chi connectivity index (χ1) is 15.7. The van der Waals surface area contributed by atoms with Crippen molar-refractivity contribution in [3.8, 4) is 11.4 Å². The Hall–Kier alpha value is -4.24. The maximum absolute atomic E-state index is 13.2. The summed E-state index contributed by atoms with van der Waals surface area (Å²) >= 11 is 5.20. The Balaban J connectivity index is 1.73. The number of carboxylic acid groups (broad SMARTS) is 1. The van der Waals surface area contributed by atoms with Gasteiger partial charge in [-0.15, -0.1) is 0 Å². The highest BCUT2D eigenvalue weighted by Gasteiger charge is 2.34. The van der Waals surface area contributed by atoms with Crippen molar-refractivity contribution in [1.82, 2.24) is 9.88 Å². The Morgan fingerprint density at radius 2 is 1.61 bits per heavy atom. The number of nitrogens with zero attached hydrogens (tertiary/aromatic N) is 2. The van der Waals surface area contributed by atoms with Crippen LogP contribution >= 0.6 is 12.2 Å². The molecule has 0 unspecified atom stereocenters. The fraction of sp³-hybridized carbons (Fsp3) is 0.0833. The Labute approximate surface area is 194 Å². The largest absolute Gasteiger partial charge is 0.508 e. The van der Waals surface area contributed by atoms with Gasteiger partial charge in [-0.1, -0.05) is 0 Å². The highest BCUT2D eigenvalue weighted by molar-refractivity contribution is 7.80. The van der Waals surface area contributed by atoms with E-state index in [1.807, 2.05) is 24.5 Å². The van der Waals surface area contributed by atoms with E-state index in [-0.39, 0.29) is 22.0 Å². The number of aromatic hydroxyl groups is 1. The van der Waals surface area contributed by atoms with E-state index in [9.17, 15) is 19.5 Å². The minimum Gasteiger partial charge on any atom is -0.508 e. The first kappa shape index (κ1) is 22.0. The van der Waals surface area contributed by atoms with Gasteiger partial charge in [-0.3, -0.25) is 19.8 Å². The van der Waals surface area contributed by atoms with E-state index in [1.165, 1.54) is 30.3 Å². The maximum atomic E-state index is 13.2. The molecule has 1 fully saturated rings. The molecule has 3 N–H and O–H groups in total. The number of aromatic carboxylic acids is 1. The third kappa shape index (κ3) is 4.01. The van der Waals surface area contributed by atoms with Crippen LogP contribution in [0.15, 0.2) is 60.2 Å². The van der Waals surface area contributed by atoms with Gasteiger partial charge < -0.3 is 14.8 Å². The Morgan fingerprint density at radius 1 is 1.00 bits per heavy atom. The molecule has 0 bridgehead atoms. The van der Waals surface area contributed by atoms with Crippen LogP contribution in [0, 0.1) is 13.8 Å². The number of anilines is 1. The maximum Gasteiger partial charge on any atom is 0.335 e. The summed E-state index contributed by atoms with van der Waals surface area (Å²) in [6.07, 6.45) is 1.51. The fourth-order valence-corrected chi connectivity index (χ4v) is 4.01. The normalized spacial score (nSPS) is 15.2. The number of amides is 2. The highest BCUT2D eigenvalue weighted by atomic mass is 32.1. The average Bonchev–Trinajstić information content (AvgIpc) is 3.05. The van der Waals surface area contributed by atoms with E-state index in [2.05, 4.69) is 5.32 Å². The number of benzene rings is 2. The molecule has 2 amide bonds. The van der Waals surface area contributed by atoms with Crippen molar-refractivity contribution in [2.24, 2.45) is 0 Å². The van der Waals surface area contributed by atoms with Crippen molar-refractivity contribution in [3.63, 3.8) is 0 Å². The minimum absolute atomic E-state index is 0.0654. The lowest BCUT2D eigenvalue weighted by Gasteiger charge is -2.29. The average molecular weight is 461 g/mol. The number of hydrogen-bond donors (Lipinski definition) is 3. The summed E-state index contributed by atoms with van der Waals surface area (Å²) in [6, 6.07) is 14.2. The molecule has 2 aromatic carbocycles. The van der Waals surface area contributed by atoms with Gasteiger partial charge in [0.15, 0.2) is 5.11 Å². The smallest absolute Gasteiger partial charge is 0.335 e. The van der Waals surface area contributed by atoms with Crippen molar-refractivity contribution in [3.05, 3.63) is 82.7 Å². The van der Waals surface area contributed by atoms with Crippen molar-refractivity contribution in [2.45, 2.75) is 13.8 Å². The summed E-state index contributed by atoms with van der Waals surface area (Å²) in [6.45, 7) is 3.76. The molecule has 9 heteroatoms. The number of rotatable bonds is 4. The summed E-state index contributed by atoms with van der Waals surface area (Å²) < 4.78 is 1.95. The number of carboxylic acids is 1. The molecule has 1 saturated heterocycles. The summed E-state index contributed by atoms with van der Waals surface area (Å²) in [5.74, 6) is -2.16. The van der Waals surface area contributed by atoms with E-state index >= 15 is 0 Å². The third-order valence-corrected chi connectivity index (χ3v) is 5.64. The van der Waals surface area contributed by atoms with Gasteiger partial charge in [0.2, 0.25) is 0 Å². The molecule has 4 rings (SSSR count). The molecule has 0 radical (unpaired) electrons. The zero-order chi connectivity index (χ0) is 23.9. The fourth-order valence-electron chi connectivity index (χ4n) is 3.73. The molecule has 166 valence electrons. The molecule has 8 nitrogen and oxygen atoms in total. The van der Waals surface area contributed by atoms with Gasteiger partial charge in [-0.25, -0.2) is 4.79 Å². The number of thiocarbonyl (C=S) groups is 1. The van der Waals surface area contributed by atoms with Crippen molar-refractivity contribution < 1.29 is 24.6 Å². The van der Waals surface area contributed by atoms with Crippen molar-refractivity contribution in [2.75, 3.05) is 4.90 Å². The van der Waals surface area contributed by atoms with Gasteiger partial charge in [-0.05, 0) is 92.3 Å². The Kier molecular flexibility index (Phi) is 5.57. The first-order valence-electron chi connectivity index (χ1n) is 9.90. The quantitative estimate of drug-likeness (QED) is 0.312. The van der Waals surface area contributed by atoms with Crippen molar-refractivity contribution >= 4 is 46.9 Å². The molecule has 3 aromatic rings. The highest BCUT2D eigenvalue weighted by Crippen LogP contribution is 2.27. The second-order valence-corrected chi connectivity index (χ2v) is 7.87. The monoisotopic (exact) mass is 461 g/mol. The first-order valence-corrected chi connectivity index (χ1v) is 10.3. The van der Waals surface area contributed by atoms with E-state index in [4.69, 9.17) is 17.3 Å². The SMILES string of the molecule is Cc1cc(C=C2C(=O)NC(=S)N(c3ccc(C(=O)O)cc3)C2=O)c(C)n1-c1ccc(O)cc1. The molecule has 2 heterocycles. The molecule has 1 aliphatic heterocycles. The van der Waals surface area contributed by atoms with Crippen LogP contribution in [0.1, 0.15) is 27.3 Å². The molecule has 0 aliphatic carbocycles. The van der Waals surface area contributed by atoms with Gasteiger partial charge >= 0.3 is 5.97 Å². The minimum atomic E-state index is -1.09. The lowest BCUT2D eigenvalue weighted by atomic mass is 10.1. The zero-order valence-corrected chi connectivity index (χ0v) is 18.5. The van der Waals surface area contributed by atoms with Gasteiger partial charge in [0.1, 0.15) is 11.3 Å². The van der Waals surface area contributed by atoms with Crippen LogP contribution < -0.4 is 10.2 Å². The topological polar surface area (TPSA) is 112 Å². The Bertz CT molecular complexity index is 1340. The number of phenols is 1. The zero-order valence-electron chi connectivity index (χ0n) is 17.7. The number of hydrogen-bond acceptors (Lipinski definition) is 5. The summed E-state index contributed by atoms with van der Waals surface area (Å²) in [5, 5.41) is 21.1. The predicted molar refractivity (Wildman–Crippen MR) is 127 cm³/mol. The molecule has 0 spiro atoms. The van der Waals surface area contributed by atoms with Crippen LogP contribution in [-0.2, 0) is 9.59 Å². The van der Waals surface area contributed by atoms with E-state index in [0.29, 0.717) is 11.3 Å². The van der Waals surface area contributed by atoms with Crippen LogP contribution in [0.3, 0.4) is 0 Å². The number of carbonyl (C=O) groups excluding carboxylic acids is 2. The number of aromatic nitrogens is 1. The summed E-state index contributed by atoms with van der Waals surface area (Å²) in [7, 11) is 0. The molecular formula is C24H19N3O5S. The Morgan fingerprint density at radius 3 is 2.21 bits per heavy atom. The van der Waals surface area contributed by atoms with E-state index in [0.717, 1.165) is 22.0 Å². The van der Waals surface area contributed by atoms with E-state index in [1.54, 1.807) is 24.3 Å². The van der Waals surface area contributed by atoms with Gasteiger partial charge in [0.05, 0.1) is 11.3 Å². The second-order valence-electron chi connectivity index (χ2n) is 7.49.